The van der Waals surface area contributed by atoms with E-state index >= 15 is 0 Å². The zero-order valence-electron chi connectivity index (χ0n) is 13.1. The zero-order valence-corrected chi connectivity index (χ0v) is 13.1. The number of aromatic nitrogens is 1. The Hall–Kier alpha value is -2.63. The number of carbonyl (C=O) groups is 1. The number of halogens is 1. The lowest BCUT2D eigenvalue weighted by molar-refractivity contribution is 0.0704. The molecule has 6 heteroatoms. The highest BCUT2D eigenvalue weighted by atomic mass is 19.1. The number of amides is 1. The Labute approximate surface area is 134 Å². The van der Waals surface area contributed by atoms with Gasteiger partial charge in [-0.1, -0.05) is 6.07 Å². The fourth-order valence-corrected chi connectivity index (χ4v) is 2.60. The maximum atomic E-state index is 13.7. The molecule has 0 saturated carbocycles. The smallest absolute Gasteiger partial charge is 0.254 e. The Bertz CT molecular complexity index is 702. The second-order valence-corrected chi connectivity index (χ2v) is 5.51. The van der Waals surface area contributed by atoms with Gasteiger partial charge in [-0.2, -0.15) is 0 Å². The Balaban J connectivity index is 1.64. The van der Waals surface area contributed by atoms with E-state index < -0.39 is 5.82 Å². The highest BCUT2D eigenvalue weighted by molar-refractivity contribution is 5.94. The lowest BCUT2D eigenvalue weighted by Crippen LogP contribution is -2.60. The van der Waals surface area contributed by atoms with Crippen molar-refractivity contribution in [3.8, 4) is 5.75 Å². The van der Waals surface area contributed by atoms with Crippen LogP contribution in [0.2, 0.25) is 0 Å². The number of benzene rings is 1. The SMILES string of the molecule is COc1ccc(C(=O)N(C)C2CN(c3ccccn3)C2)cc1F. The number of ether oxygens (including phenoxy) is 1. The van der Waals surface area contributed by atoms with E-state index in [1.807, 2.05) is 18.2 Å². The number of hydrogen-bond donors (Lipinski definition) is 0. The number of methoxy groups -OCH3 is 1. The molecule has 0 N–H and O–H groups in total. The van der Waals surface area contributed by atoms with E-state index in [4.69, 9.17) is 4.74 Å². The van der Waals surface area contributed by atoms with Crippen LogP contribution < -0.4 is 9.64 Å². The Morgan fingerprint density at radius 3 is 2.74 bits per heavy atom. The first-order chi connectivity index (χ1) is 11.1. The summed E-state index contributed by atoms with van der Waals surface area (Å²) in [7, 11) is 3.14. The lowest BCUT2D eigenvalue weighted by atomic mass is 10.1. The summed E-state index contributed by atoms with van der Waals surface area (Å²) >= 11 is 0. The van der Waals surface area contributed by atoms with Gasteiger partial charge in [0.15, 0.2) is 11.6 Å². The minimum absolute atomic E-state index is 0.0923. The maximum absolute atomic E-state index is 13.7. The zero-order chi connectivity index (χ0) is 16.4. The molecule has 0 aliphatic carbocycles. The molecule has 3 rings (SSSR count). The van der Waals surface area contributed by atoms with Crippen LogP contribution in [0.3, 0.4) is 0 Å². The van der Waals surface area contributed by atoms with Gasteiger partial charge in [0, 0.05) is 31.9 Å². The van der Waals surface area contributed by atoms with E-state index in [2.05, 4.69) is 9.88 Å². The van der Waals surface area contributed by atoms with E-state index in [9.17, 15) is 9.18 Å². The molecule has 1 aromatic heterocycles. The van der Waals surface area contributed by atoms with Crippen LogP contribution in [0.25, 0.3) is 0 Å². The van der Waals surface area contributed by atoms with Crippen molar-refractivity contribution in [3.05, 3.63) is 54.0 Å². The molecule has 0 unspecified atom stereocenters. The number of carbonyl (C=O) groups excluding carboxylic acids is 1. The third-order valence-electron chi connectivity index (χ3n) is 4.10. The van der Waals surface area contributed by atoms with Gasteiger partial charge in [-0.15, -0.1) is 0 Å². The van der Waals surface area contributed by atoms with Crippen molar-refractivity contribution < 1.29 is 13.9 Å². The summed E-state index contributed by atoms with van der Waals surface area (Å²) in [4.78, 5) is 20.5. The van der Waals surface area contributed by atoms with Crippen molar-refractivity contribution >= 4 is 11.7 Å². The topological polar surface area (TPSA) is 45.7 Å². The molecular formula is C17H18FN3O2. The minimum atomic E-state index is -0.532. The molecule has 1 aromatic carbocycles. The van der Waals surface area contributed by atoms with Gasteiger partial charge in [0.1, 0.15) is 5.82 Å². The quantitative estimate of drug-likeness (QED) is 0.868. The van der Waals surface area contributed by atoms with Crippen LogP contribution in [0.15, 0.2) is 42.6 Å². The lowest BCUT2D eigenvalue weighted by Gasteiger charge is -2.44. The first-order valence-corrected chi connectivity index (χ1v) is 7.37. The number of rotatable bonds is 4. The van der Waals surface area contributed by atoms with Gasteiger partial charge in [0.05, 0.1) is 13.2 Å². The highest BCUT2D eigenvalue weighted by Gasteiger charge is 2.33. The average Bonchev–Trinajstić information content (AvgIpc) is 2.53. The van der Waals surface area contributed by atoms with Crippen molar-refractivity contribution in [1.29, 1.82) is 0 Å². The van der Waals surface area contributed by atoms with Crippen LogP contribution in [0.4, 0.5) is 10.2 Å². The van der Waals surface area contributed by atoms with Crippen LogP contribution in [-0.4, -0.2) is 49.1 Å². The summed E-state index contributed by atoms with van der Waals surface area (Å²) in [6.07, 6.45) is 1.75. The van der Waals surface area contributed by atoms with Gasteiger partial charge < -0.3 is 14.5 Å². The van der Waals surface area contributed by atoms with Crippen molar-refractivity contribution in [2.45, 2.75) is 6.04 Å². The van der Waals surface area contributed by atoms with Crippen molar-refractivity contribution in [2.75, 3.05) is 32.1 Å². The number of likely N-dealkylation sites (N-methyl/N-ethyl adjacent to an activating group) is 1. The van der Waals surface area contributed by atoms with Crippen molar-refractivity contribution in [2.24, 2.45) is 0 Å². The van der Waals surface area contributed by atoms with E-state index in [-0.39, 0.29) is 17.7 Å². The fourth-order valence-electron chi connectivity index (χ4n) is 2.60. The van der Waals surface area contributed by atoms with E-state index in [0.717, 1.165) is 18.9 Å². The predicted octanol–water partition coefficient (Wildman–Crippen LogP) is 2.19. The molecule has 1 aliphatic heterocycles. The van der Waals surface area contributed by atoms with Crippen molar-refractivity contribution in [3.63, 3.8) is 0 Å². The van der Waals surface area contributed by atoms with E-state index in [0.29, 0.717) is 5.56 Å². The molecule has 0 spiro atoms. The number of pyridine rings is 1. The summed E-state index contributed by atoms with van der Waals surface area (Å²) in [6.45, 7) is 1.44. The van der Waals surface area contributed by atoms with Gasteiger partial charge in [-0.25, -0.2) is 9.37 Å². The summed E-state index contributed by atoms with van der Waals surface area (Å²) in [5.74, 6) is 0.307. The molecule has 5 nitrogen and oxygen atoms in total. The molecule has 1 aliphatic rings. The third-order valence-corrected chi connectivity index (χ3v) is 4.10. The molecule has 2 heterocycles. The van der Waals surface area contributed by atoms with Crippen LogP contribution in [0.5, 0.6) is 5.75 Å². The summed E-state index contributed by atoms with van der Waals surface area (Å²) in [5, 5.41) is 0. The van der Waals surface area contributed by atoms with Crippen molar-refractivity contribution in [1.82, 2.24) is 9.88 Å². The molecular weight excluding hydrogens is 297 g/mol. The Morgan fingerprint density at radius 1 is 1.35 bits per heavy atom. The molecule has 1 amide bonds. The van der Waals surface area contributed by atoms with Crippen LogP contribution in [-0.2, 0) is 0 Å². The number of anilines is 1. The van der Waals surface area contributed by atoms with Crippen LogP contribution >= 0.6 is 0 Å². The third kappa shape index (κ3) is 2.97. The van der Waals surface area contributed by atoms with Gasteiger partial charge in [0.25, 0.3) is 5.91 Å². The minimum Gasteiger partial charge on any atom is -0.494 e. The standard InChI is InChI=1S/C17H18FN3O2/c1-20(13-10-21(11-13)16-5-3-4-8-19-16)17(22)12-6-7-15(23-2)14(18)9-12/h3-9,13H,10-11H2,1-2H3. The second kappa shape index (κ2) is 6.24. The number of hydrogen-bond acceptors (Lipinski definition) is 4. The monoisotopic (exact) mass is 315 g/mol. The molecule has 0 atom stereocenters. The first-order valence-electron chi connectivity index (χ1n) is 7.37. The van der Waals surface area contributed by atoms with Gasteiger partial charge in [0.2, 0.25) is 0 Å². The molecule has 1 saturated heterocycles. The summed E-state index contributed by atoms with van der Waals surface area (Å²) in [6, 6.07) is 10.1. The molecule has 23 heavy (non-hydrogen) atoms. The van der Waals surface area contributed by atoms with Gasteiger partial charge in [-0.05, 0) is 30.3 Å². The van der Waals surface area contributed by atoms with E-state index in [1.54, 1.807) is 24.2 Å². The largest absolute Gasteiger partial charge is 0.494 e. The Kier molecular flexibility index (Phi) is 4.14. The molecule has 0 bridgehead atoms. The van der Waals surface area contributed by atoms with Crippen LogP contribution in [0, 0.1) is 5.82 Å². The van der Waals surface area contributed by atoms with Crippen LogP contribution in [0.1, 0.15) is 10.4 Å². The molecule has 1 fully saturated rings. The van der Waals surface area contributed by atoms with Gasteiger partial charge in [-0.3, -0.25) is 4.79 Å². The van der Waals surface area contributed by atoms with E-state index in [1.165, 1.54) is 19.2 Å². The summed E-state index contributed by atoms with van der Waals surface area (Å²) in [5.41, 5.74) is 0.321. The summed E-state index contributed by atoms with van der Waals surface area (Å²) < 4.78 is 18.6. The Morgan fingerprint density at radius 2 is 2.13 bits per heavy atom. The number of nitrogens with zero attached hydrogens (tertiary/aromatic N) is 3. The predicted molar refractivity (Wildman–Crippen MR) is 85.3 cm³/mol. The average molecular weight is 315 g/mol. The molecule has 0 radical (unpaired) electrons. The normalized spacial score (nSPS) is 14.3. The molecule has 2 aromatic rings. The first kappa shape index (κ1) is 15.3. The van der Waals surface area contributed by atoms with Gasteiger partial charge >= 0.3 is 0 Å². The highest BCUT2D eigenvalue weighted by Crippen LogP contribution is 2.23. The second-order valence-electron chi connectivity index (χ2n) is 5.51. The molecule has 120 valence electrons. The maximum Gasteiger partial charge on any atom is 0.254 e. The fraction of sp³-hybridized carbons (Fsp3) is 0.294.